The van der Waals surface area contributed by atoms with E-state index in [1.165, 1.54) is 6.07 Å². The Morgan fingerprint density at radius 3 is 2.86 bits per heavy atom. The highest BCUT2D eigenvalue weighted by atomic mass is 19.2. The molecule has 0 aliphatic heterocycles. The number of pyridine rings is 1. The molecule has 14 heavy (non-hydrogen) atoms. The number of carbonyl (C=O) groups is 1. The monoisotopic (exact) mass is 190 g/mol. The van der Waals surface area contributed by atoms with Gasteiger partial charge in [-0.05, 0) is 12.1 Å². The predicted molar refractivity (Wildman–Crippen MR) is 50.3 cm³/mol. The van der Waals surface area contributed by atoms with Gasteiger partial charge in [0, 0.05) is 11.6 Å². The number of rotatable bonds is 1. The van der Waals surface area contributed by atoms with Gasteiger partial charge in [-0.1, -0.05) is 22.7 Å². The number of hydrogen-bond acceptors (Lipinski definition) is 2. The van der Waals surface area contributed by atoms with E-state index in [0.717, 1.165) is 10.9 Å². The second-order valence-electron chi connectivity index (χ2n) is 2.80. The maximum atomic E-state index is 12.0. The summed E-state index contributed by atoms with van der Waals surface area (Å²) in [6, 6.07) is 8.62. The Morgan fingerprint density at radius 1 is 1.29 bits per heavy atom. The average molecular weight is 190 g/mol. The van der Waals surface area contributed by atoms with Crippen molar-refractivity contribution < 1.29 is 9.28 Å². The summed E-state index contributed by atoms with van der Waals surface area (Å²) >= 11 is 0. The van der Waals surface area contributed by atoms with Gasteiger partial charge in [-0.25, -0.2) is 0 Å². The molecule has 4 heteroatoms. The van der Waals surface area contributed by atoms with Crippen LogP contribution >= 0.6 is 0 Å². The van der Waals surface area contributed by atoms with Crippen molar-refractivity contribution in [2.75, 3.05) is 0 Å². The van der Waals surface area contributed by atoms with Gasteiger partial charge < -0.3 is 0 Å². The molecule has 70 valence electrons. The van der Waals surface area contributed by atoms with Crippen LogP contribution in [0.4, 0.5) is 4.48 Å². The summed E-state index contributed by atoms with van der Waals surface area (Å²) in [6.45, 7) is 0. The van der Waals surface area contributed by atoms with Gasteiger partial charge in [-0.3, -0.25) is 9.78 Å². The molecule has 0 spiro atoms. The first-order valence-corrected chi connectivity index (χ1v) is 4.07. The molecule has 1 heterocycles. The normalized spacial score (nSPS) is 10.1. The summed E-state index contributed by atoms with van der Waals surface area (Å²) in [5.74, 6) is -0.769. The molecule has 1 aromatic heterocycles. The highest BCUT2D eigenvalue weighted by Gasteiger charge is 2.09. The van der Waals surface area contributed by atoms with Crippen LogP contribution in [-0.2, 0) is 0 Å². The summed E-state index contributed by atoms with van der Waals surface area (Å²) in [6.07, 6.45) is 1.57. The zero-order chi connectivity index (χ0) is 9.97. The van der Waals surface area contributed by atoms with Crippen LogP contribution in [0.3, 0.4) is 0 Å². The van der Waals surface area contributed by atoms with E-state index in [4.69, 9.17) is 0 Å². The molecule has 3 nitrogen and oxygen atoms in total. The molecule has 0 fully saturated rings. The molecule has 0 aliphatic rings. The molecule has 0 bridgehead atoms. The number of nitrogens with one attached hydrogen (secondary N) is 1. The second-order valence-corrected chi connectivity index (χ2v) is 2.80. The van der Waals surface area contributed by atoms with Gasteiger partial charge in [0.15, 0.2) is 0 Å². The largest absolute Gasteiger partial charge is 0.281 e. The summed E-state index contributed by atoms with van der Waals surface area (Å²) in [5.41, 5.74) is 1.84. The lowest BCUT2D eigenvalue weighted by Gasteiger charge is -2.01. The Labute approximate surface area is 79.5 Å². The minimum atomic E-state index is -0.769. The zero-order valence-corrected chi connectivity index (χ0v) is 7.20. The number of nitrogens with zero attached hydrogens (tertiary/aromatic N) is 1. The van der Waals surface area contributed by atoms with Crippen molar-refractivity contribution in [3.8, 4) is 0 Å². The van der Waals surface area contributed by atoms with E-state index in [2.05, 4.69) is 4.98 Å². The number of carbonyl (C=O) groups excluding carboxylic acids is 1. The van der Waals surface area contributed by atoms with Crippen LogP contribution in [0, 0.1) is 0 Å². The standard InChI is InChI=1S/C10H7FN2O/c11-13-10(14)8-5-1-3-7-4-2-6-12-9(7)8/h1-6H,(H,13,14). The highest BCUT2D eigenvalue weighted by molar-refractivity contribution is 6.04. The fourth-order valence-electron chi connectivity index (χ4n) is 1.34. The molecule has 0 aliphatic carbocycles. The first-order chi connectivity index (χ1) is 6.83. The third-order valence-corrected chi connectivity index (χ3v) is 1.96. The maximum absolute atomic E-state index is 12.0. The Balaban J connectivity index is 2.71. The molecule has 0 saturated heterocycles. The van der Waals surface area contributed by atoms with Gasteiger partial charge in [0.1, 0.15) is 0 Å². The van der Waals surface area contributed by atoms with E-state index in [1.54, 1.807) is 18.3 Å². The predicted octanol–water partition coefficient (Wildman–Crippen LogP) is 1.85. The van der Waals surface area contributed by atoms with Crippen molar-refractivity contribution >= 4 is 16.8 Å². The molecular formula is C10H7FN2O. The molecule has 2 aromatic rings. The van der Waals surface area contributed by atoms with E-state index in [9.17, 15) is 9.28 Å². The fourth-order valence-corrected chi connectivity index (χ4v) is 1.34. The fraction of sp³-hybridized carbons (Fsp3) is 0. The van der Waals surface area contributed by atoms with E-state index < -0.39 is 5.91 Å². The number of aromatic nitrogens is 1. The number of hydrogen-bond donors (Lipinski definition) is 1. The van der Waals surface area contributed by atoms with E-state index in [0.29, 0.717) is 5.52 Å². The lowest BCUT2D eigenvalue weighted by Crippen LogP contribution is -2.14. The number of fused-ring (bicyclic) bond motifs is 1. The Morgan fingerprint density at radius 2 is 2.07 bits per heavy atom. The van der Waals surface area contributed by atoms with Gasteiger partial charge in [-0.2, -0.15) is 5.54 Å². The Bertz CT molecular complexity index is 479. The summed E-state index contributed by atoms with van der Waals surface area (Å²) in [4.78, 5) is 15.1. The number of benzene rings is 1. The van der Waals surface area contributed by atoms with Crippen LogP contribution in [-0.4, -0.2) is 10.9 Å². The van der Waals surface area contributed by atoms with Crippen molar-refractivity contribution in [1.82, 2.24) is 10.5 Å². The summed E-state index contributed by atoms with van der Waals surface area (Å²) in [5, 5.41) is 0.814. The number of halogens is 1. The van der Waals surface area contributed by atoms with E-state index >= 15 is 0 Å². The third kappa shape index (κ3) is 1.31. The van der Waals surface area contributed by atoms with Crippen molar-refractivity contribution in [2.24, 2.45) is 0 Å². The molecule has 1 amide bonds. The number of para-hydroxylation sites is 1. The molecular weight excluding hydrogens is 183 g/mol. The van der Waals surface area contributed by atoms with Crippen molar-refractivity contribution in [3.63, 3.8) is 0 Å². The van der Waals surface area contributed by atoms with Crippen LogP contribution in [0.25, 0.3) is 10.9 Å². The first-order valence-electron chi connectivity index (χ1n) is 4.07. The van der Waals surface area contributed by atoms with Gasteiger partial charge in [-0.15, -0.1) is 0 Å². The van der Waals surface area contributed by atoms with Crippen molar-refractivity contribution in [3.05, 3.63) is 42.1 Å². The maximum Gasteiger partial charge on any atom is 0.281 e. The molecule has 1 N–H and O–H groups in total. The van der Waals surface area contributed by atoms with Crippen LogP contribution in [0.1, 0.15) is 10.4 Å². The van der Waals surface area contributed by atoms with Gasteiger partial charge in [0.05, 0.1) is 11.1 Å². The Kier molecular flexibility index (Phi) is 2.10. The second kappa shape index (κ2) is 3.41. The van der Waals surface area contributed by atoms with E-state index in [1.807, 2.05) is 12.1 Å². The summed E-state index contributed by atoms with van der Waals surface area (Å²) in [7, 11) is 0. The van der Waals surface area contributed by atoms with Crippen molar-refractivity contribution in [1.29, 1.82) is 0 Å². The average Bonchev–Trinajstić information content (AvgIpc) is 2.27. The van der Waals surface area contributed by atoms with Crippen molar-refractivity contribution in [2.45, 2.75) is 0 Å². The molecule has 1 aromatic carbocycles. The SMILES string of the molecule is O=C(NF)c1cccc2cccnc12. The molecule has 0 saturated carbocycles. The van der Waals surface area contributed by atoms with Crippen LogP contribution in [0.2, 0.25) is 0 Å². The van der Waals surface area contributed by atoms with Crippen LogP contribution < -0.4 is 5.54 Å². The topological polar surface area (TPSA) is 42.0 Å². The van der Waals surface area contributed by atoms with Gasteiger partial charge in [0.25, 0.3) is 5.91 Å². The molecule has 0 radical (unpaired) electrons. The van der Waals surface area contributed by atoms with Gasteiger partial charge >= 0.3 is 0 Å². The minimum Gasteiger partial charge on any atom is -0.267 e. The first kappa shape index (κ1) is 8.62. The van der Waals surface area contributed by atoms with E-state index in [-0.39, 0.29) is 5.56 Å². The smallest absolute Gasteiger partial charge is 0.267 e. The van der Waals surface area contributed by atoms with Crippen LogP contribution in [0.5, 0.6) is 0 Å². The molecule has 0 atom stereocenters. The molecule has 0 unspecified atom stereocenters. The summed E-state index contributed by atoms with van der Waals surface area (Å²) < 4.78 is 12.0. The lowest BCUT2D eigenvalue weighted by molar-refractivity contribution is 0.0861. The lowest BCUT2D eigenvalue weighted by atomic mass is 10.1. The quantitative estimate of drug-likeness (QED) is 0.697. The minimum absolute atomic E-state index is 0.241. The zero-order valence-electron chi connectivity index (χ0n) is 7.20. The van der Waals surface area contributed by atoms with Gasteiger partial charge in [0.2, 0.25) is 0 Å². The highest BCUT2D eigenvalue weighted by Crippen LogP contribution is 2.15. The van der Waals surface area contributed by atoms with Crippen LogP contribution in [0.15, 0.2) is 36.5 Å². The third-order valence-electron chi connectivity index (χ3n) is 1.96. The number of amides is 1. The molecule has 2 rings (SSSR count). The Hall–Kier alpha value is -1.97.